The molecule has 0 radical (unpaired) electrons. The summed E-state index contributed by atoms with van der Waals surface area (Å²) in [6, 6.07) is 0. The number of thiazole rings is 1. The monoisotopic (exact) mass is 260 g/mol. The second kappa shape index (κ2) is 3.74. The lowest BCUT2D eigenvalue weighted by Crippen LogP contribution is -1.98. The standard InChI is InChI=1S/C11H12N6S/c1-5-8(9-6(2)15-16-17(9)3)13-4-7-10(5)18-11(12)14-7/h4H,1-3H3,(H2,12,14). The molecule has 3 aromatic heterocycles. The third-order valence-corrected chi connectivity index (χ3v) is 3.92. The van der Waals surface area contributed by atoms with Crippen molar-refractivity contribution in [3.05, 3.63) is 17.5 Å². The second-order valence-electron chi connectivity index (χ2n) is 4.15. The van der Waals surface area contributed by atoms with Crippen LogP contribution in [0.3, 0.4) is 0 Å². The van der Waals surface area contributed by atoms with Gasteiger partial charge in [-0.2, -0.15) is 0 Å². The summed E-state index contributed by atoms with van der Waals surface area (Å²) in [4.78, 5) is 8.71. The van der Waals surface area contributed by atoms with Crippen molar-refractivity contribution in [2.45, 2.75) is 13.8 Å². The van der Waals surface area contributed by atoms with Crippen molar-refractivity contribution in [2.24, 2.45) is 7.05 Å². The molecule has 2 N–H and O–H groups in total. The lowest BCUT2D eigenvalue weighted by atomic mass is 10.1. The van der Waals surface area contributed by atoms with Gasteiger partial charge in [0.1, 0.15) is 11.2 Å². The molecule has 0 fully saturated rings. The smallest absolute Gasteiger partial charge is 0.181 e. The number of fused-ring (bicyclic) bond motifs is 1. The van der Waals surface area contributed by atoms with Crippen LogP contribution in [0.1, 0.15) is 11.3 Å². The first kappa shape index (κ1) is 11.1. The Morgan fingerprint density at radius 3 is 2.78 bits per heavy atom. The highest BCUT2D eigenvalue weighted by Crippen LogP contribution is 2.32. The van der Waals surface area contributed by atoms with Gasteiger partial charge in [-0.25, -0.2) is 9.67 Å². The van der Waals surface area contributed by atoms with Gasteiger partial charge in [-0.05, 0) is 19.4 Å². The van der Waals surface area contributed by atoms with Crippen LogP contribution in [0.5, 0.6) is 0 Å². The summed E-state index contributed by atoms with van der Waals surface area (Å²) in [5, 5.41) is 8.63. The highest BCUT2D eigenvalue weighted by molar-refractivity contribution is 7.22. The average Bonchev–Trinajstić information content (AvgIpc) is 2.85. The number of nitrogen functional groups attached to an aromatic ring is 1. The maximum Gasteiger partial charge on any atom is 0.181 e. The minimum atomic E-state index is 0.562. The molecule has 0 aliphatic heterocycles. The van der Waals surface area contributed by atoms with Crippen LogP contribution in [-0.2, 0) is 7.05 Å². The van der Waals surface area contributed by atoms with E-state index in [4.69, 9.17) is 5.73 Å². The largest absolute Gasteiger partial charge is 0.375 e. The summed E-state index contributed by atoms with van der Waals surface area (Å²) in [6.07, 6.45) is 1.75. The van der Waals surface area contributed by atoms with Crippen LogP contribution in [0.15, 0.2) is 6.20 Å². The van der Waals surface area contributed by atoms with E-state index in [1.165, 1.54) is 11.3 Å². The Bertz CT molecular complexity index is 722. The summed E-state index contributed by atoms with van der Waals surface area (Å²) in [5.74, 6) is 0. The van der Waals surface area contributed by atoms with Crippen LogP contribution >= 0.6 is 11.3 Å². The third kappa shape index (κ3) is 1.47. The van der Waals surface area contributed by atoms with Gasteiger partial charge < -0.3 is 5.73 Å². The Balaban J connectivity index is 2.33. The topological polar surface area (TPSA) is 82.5 Å². The first-order valence-corrected chi connectivity index (χ1v) is 6.28. The van der Waals surface area contributed by atoms with E-state index < -0.39 is 0 Å². The molecule has 0 aliphatic carbocycles. The zero-order valence-electron chi connectivity index (χ0n) is 10.3. The fraction of sp³-hybridized carbons (Fsp3) is 0.273. The fourth-order valence-corrected chi connectivity index (χ4v) is 2.86. The number of nitrogens with two attached hydrogens (primary N) is 1. The Labute approximate surface area is 107 Å². The van der Waals surface area contributed by atoms with Gasteiger partial charge in [0.05, 0.1) is 22.3 Å². The Kier molecular flexibility index (Phi) is 2.30. The van der Waals surface area contributed by atoms with Crippen molar-refractivity contribution in [3.63, 3.8) is 0 Å². The summed E-state index contributed by atoms with van der Waals surface area (Å²) < 4.78 is 2.80. The molecular formula is C11H12N6S. The number of nitrogens with zero attached hydrogens (tertiary/aromatic N) is 5. The van der Waals surface area contributed by atoms with Crippen LogP contribution in [0, 0.1) is 13.8 Å². The zero-order valence-corrected chi connectivity index (χ0v) is 11.1. The van der Waals surface area contributed by atoms with Crippen molar-refractivity contribution in [1.82, 2.24) is 25.0 Å². The lowest BCUT2D eigenvalue weighted by molar-refractivity contribution is 0.718. The highest BCUT2D eigenvalue weighted by Gasteiger charge is 2.16. The Morgan fingerprint density at radius 2 is 2.11 bits per heavy atom. The third-order valence-electron chi connectivity index (χ3n) is 2.90. The van der Waals surface area contributed by atoms with Gasteiger partial charge in [-0.15, -0.1) is 5.10 Å². The Hall–Kier alpha value is -2.02. The van der Waals surface area contributed by atoms with E-state index in [9.17, 15) is 0 Å². The molecule has 3 aromatic rings. The van der Waals surface area contributed by atoms with Crippen LogP contribution in [0.2, 0.25) is 0 Å². The predicted molar refractivity (Wildman–Crippen MR) is 71.3 cm³/mol. The van der Waals surface area contributed by atoms with Crippen molar-refractivity contribution in [3.8, 4) is 11.4 Å². The molecule has 3 heterocycles. The average molecular weight is 260 g/mol. The number of aromatic nitrogens is 5. The van der Waals surface area contributed by atoms with Crippen LogP contribution in [0.4, 0.5) is 5.13 Å². The second-order valence-corrected chi connectivity index (χ2v) is 5.18. The summed E-state index contributed by atoms with van der Waals surface area (Å²) in [7, 11) is 1.86. The van der Waals surface area contributed by atoms with Gasteiger partial charge in [-0.3, -0.25) is 4.98 Å². The fourth-order valence-electron chi connectivity index (χ4n) is 2.06. The van der Waals surface area contributed by atoms with Crippen molar-refractivity contribution in [1.29, 1.82) is 0 Å². The predicted octanol–water partition coefficient (Wildman–Crippen LogP) is 1.69. The first-order valence-electron chi connectivity index (χ1n) is 5.46. The Morgan fingerprint density at radius 1 is 1.33 bits per heavy atom. The SMILES string of the molecule is Cc1nnn(C)c1-c1ncc2nc(N)sc2c1C. The molecule has 0 aromatic carbocycles. The van der Waals surface area contributed by atoms with Gasteiger partial charge >= 0.3 is 0 Å². The van der Waals surface area contributed by atoms with Crippen molar-refractivity contribution in [2.75, 3.05) is 5.73 Å². The van der Waals surface area contributed by atoms with Gasteiger partial charge in [0.25, 0.3) is 0 Å². The van der Waals surface area contributed by atoms with E-state index >= 15 is 0 Å². The van der Waals surface area contributed by atoms with E-state index in [0.717, 1.165) is 32.9 Å². The molecule has 0 unspecified atom stereocenters. The molecule has 0 saturated carbocycles. The van der Waals surface area contributed by atoms with E-state index in [1.54, 1.807) is 10.9 Å². The lowest BCUT2D eigenvalue weighted by Gasteiger charge is -2.05. The van der Waals surface area contributed by atoms with Gasteiger partial charge in [0.2, 0.25) is 0 Å². The quantitative estimate of drug-likeness (QED) is 0.720. The minimum Gasteiger partial charge on any atom is -0.375 e. The number of rotatable bonds is 1. The molecule has 0 atom stereocenters. The van der Waals surface area contributed by atoms with Crippen LogP contribution in [-0.4, -0.2) is 25.0 Å². The molecule has 92 valence electrons. The molecule has 18 heavy (non-hydrogen) atoms. The molecule has 7 heteroatoms. The molecule has 3 rings (SSSR count). The van der Waals surface area contributed by atoms with E-state index in [1.807, 2.05) is 20.9 Å². The van der Waals surface area contributed by atoms with Crippen molar-refractivity contribution >= 4 is 26.7 Å². The molecule has 6 nitrogen and oxygen atoms in total. The maximum absolute atomic E-state index is 5.74. The van der Waals surface area contributed by atoms with Crippen molar-refractivity contribution < 1.29 is 0 Å². The number of anilines is 1. The van der Waals surface area contributed by atoms with E-state index in [0.29, 0.717) is 5.13 Å². The number of hydrogen-bond donors (Lipinski definition) is 1. The van der Waals surface area contributed by atoms with E-state index in [-0.39, 0.29) is 0 Å². The van der Waals surface area contributed by atoms with Gasteiger partial charge in [0.15, 0.2) is 5.13 Å². The molecule has 0 saturated heterocycles. The summed E-state index contributed by atoms with van der Waals surface area (Å²) in [5.41, 5.74) is 10.3. The zero-order chi connectivity index (χ0) is 12.9. The van der Waals surface area contributed by atoms with Gasteiger partial charge in [0, 0.05) is 7.05 Å². The first-order chi connectivity index (χ1) is 8.58. The molecule has 0 aliphatic rings. The van der Waals surface area contributed by atoms with E-state index in [2.05, 4.69) is 20.3 Å². The molecule has 0 amide bonds. The summed E-state index contributed by atoms with van der Waals surface area (Å²) in [6.45, 7) is 3.95. The number of aryl methyl sites for hydroxylation is 3. The van der Waals surface area contributed by atoms with Crippen LogP contribution in [0.25, 0.3) is 21.6 Å². The highest BCUT2D eigenvalue weighted by atomic mass is 32.1. The van der Waals surface area contributed by atoms with Crippen LogP contribution < -0.4 is 5.73 Å². The normalized spacial score (nSPS) is 11.3. The minimum absolute atomic E-state index is 0.562. The molecule has 0 bridgehead atoms. The maximum atomic E-state index is 5.74. The number of pyridine rings is 1. The van der Waals surface area contributed by atoms with Gasteiger partial charge in [-0.1, -0.05) is 16.6 Å². The summed E-state index contributed by atoms with van der Waals surface area (Å²) >= 11 is 1.48. The molecule has 0 spiro atoms. The molecular weight excluding hydrogens is 248 g/mol. The number of hydrogen-bond acceptors (Lipinski definition) is 6.